The molecule has 1 aromatic carbocycles. The lowest BCUT2D eigenvalue weighted by Crippen LogP contribution is -2.39. The summed E-state index contributed by atoms with van der Waals surface area (Å²) in [6.07, 6.45) is 1.20. The summed E-state index contributed by atoms with van der Waals surface area (Å²) in [5.41, 5.74) is 0.671. The number of amides is 1. The average molecular weight is 293 g/mol. The molecule has 114 valence electrons. The number of nitrogens with zero attached hydrogens (tertiary/aromatic N) is 2. The van der Waals surface area contributed by atoms with E-state index < -0.39 is 4.92 Å². The highest BCUT2D eigenvalue weighted by Gasteiger charge is 2.29. The van der Waals surface area contributed by atoms with Crippen molar-refractivity contribution in [3.8, 4) is 0 Å². The minimum absolute atomic E-state index is 0.0566. The van der Waals surface area contributed by atoms with E-state index in [0.717, 1.165) is 12.8 Å². The molecule has 1 aliphatic rings. The van der Waals surface area contributed by atoms with Crippen molar-refractivity contribution in [3.05, 3.63) is 33.9 Å². The number of hydrogen-bond acceptors (Lipinski definition) is 5. The van der Waals surface area contributed by atoms with Crippen LogP contribution in [0.25, 0.3) is 0 Å². The molecule has 2 rings (SSSR count). The number of rotatable bonds is 5. The highest BCUT2D eigenvalue weighted by molar-refractivity contribution is 5.95. The van der Waals surface area contributed by atoms with Crippen molar-refractivity contribution in [2.45, 2.75) is 18.9 Å². The van der Waals surface area contributed by atoms with Gasteiger partial charge in [-0.1, -0.05) is 0 Å². The average Bonchev–Trinajstić information content (AvgIpc) is 2.43. The molecule has 0 atom stereocenters. The maximum atomic E-state index is 12.3. The molecule has 21 heavy (non-hydrogen) atoms. The van der Waals surface area contributed by atoms with Crippen molar-refractivity contribution >= 4 is 17.3 Å². The van der Waals surface area contributed by atoms with E-state index in [1.165, 1.54) is 18.2 Å². The van der Waals surface area contributed by atoms with Crippen LogP contribution in [0.1, 0.15) is 23.2 Å². The minimum atomic E-state index is -0.487. The molecular weight excluding hydrogens is 274 g/mol. The molecule has 1 saturated carbocycles. The van der Waals surface area contributed by atoms with E-state index in [1.807, 2.05) is 0 Å². The quantitative estimate of drug-likeness (QED) is 0.633. The third-order valence-corrected chi connectivity index (χ3v) is 3.80. The van der Waals surface area contributed by atoms with Gasteiger partial charge in [0.2, 0.25) is 0 Å². The lowest BCUT2D eigenvalue weighted by molar-refractivity contribution is -0.383. The van der Waals surface area contributed by atoms with Crippen molar-refractivity contribution in [1.29, 1.82) is 0 Å². The highest BCUT2D eigenvalue weighted by Crippen LogP contribution is 2.29. The van der Waals surface area contributed by atoms with Crippen LogP contribution in [0, 0.1) is 16.0 Å². The Balaban J connectivity index is 2.09. The standard InChI is InChI=1S/C14H19N3O4/c1-15-12-7-10(3-4-13(12)17(20)21)14(19)16(2)8-9-5-11(18)6-9/h3-4,7,9,11,15,18H,5-6,8H2,1-2H3. The number of carbonyl (C=O) groups is 1. The van der Waals surface area contributed by atoms with Crippen molar-refractivity contribution in [3.63, 3.8) is 0 Å². The predicted octanol–water partition coefficient (Wildman–Crippen LogP) is 1.48. The Kier molecular flexibility index (Phi) is 4.42. The van der Waals surface area contributed by atoms with Crippen LogP contribution in [0.5, 0.6) is 0 Å². The van der Waals surface area contributed by atoms with Gasteiger partial charge < -0.3 is 15.3 Å². The van der Waals surface area contributed by atoms with E-state index >= 15 is 0 Å². The molecule has 0 aromatic heterocycles. The molecule has 0 bridgehead atoms. The summed E-state index contributed by atoms with van der Waals surface area (Å²) in [5.74, 6) is 0.151. The van der Waals surface area contributed by atoms with Crippen LogP contribution in [0.4, 0.5) is 11.4 Å². The van der Waals surface area contributed by atoms with Crippen LogP contribution in [0.2, 0.25) is 0 Å². The number of hydrogen-bond donors (Lipinski definition) is 2. The van der Waals surface area contributed by atoms with E-state index in [4.69, 9.17) is 0 Å². The van der Waals surface area contributed by atoms with Gasteiger partial charge in [0.05, 0.1) is 11.0 Å². The Bertz CT molecular complexity index is 555. The molecule has 0 unspecified atom stereocenters. The molecule has 2 N–H and O–H groups in total. The zero-order valence-corrected chi connectivity index (χ0v) is 12.1. The third kappa shape index (κ3) is 3.30. The van der Waals surface area contributed by atoms with E-state index in [1.54, 1.807) is 19.0 Å². The monoisotopic (exact) mass is 293 g/mol. The smallest absolute Gasteiger partial charge is 0.292 e. The zero-order valence-electron chi connectivity index (χ0n) is 12.1. The van der Waals surface area contributed by atoms with Crippen molar-refractivity contribution in [1.82, 2.24) is 4.90 Å². The third-order valence-electron chi connectivity index (χ3n) is 3.80. The van der Waals surface area contributed by atoms with Crippen LogP contribution in [0.15, 0.2) is 18.2 Å². The molecule has 0 spiro atoms. The van der Waals surface area contributed by atoms with Gasteiger partial charge >= 0.3 is 0 Å². The molecule has 7 heteroatoms. The van der Waals surface area contributed by atoms with Gasteiger partial charge in [-0.3, -0.25) is 14.9 Å². The first-order valence-electron chi connectivity index (χ1n) is 6.82. The van der Waals surface area contributed by atoms with Crippen LogP contribution in [-0.4, -0.2) is 47.6 Å². The van der Waals surface area contributed by atoms with Gasteiger partial charge in [0, 0.05) is 32.3 Å². The van der Waals surface area contributed by atoms with Gasteiger partial charge in [0.25, 0.3) is 11.6 Å². The van der Waals surface area contributed by atoms with Crippen LogP contribution >= 0.6 is 0 Å². The SMILES string of the molecule is CNc1cc(C(=O)N(C)CC2CC(O)C2)ccc1[N+](=O)[O-]. The summed E-state index contributed by atoms with van der Waals surface area (Å²) in [6.45, 7) is 0.585. The Hall–Kier alpha value is -2.15. The fourth-order valence-corrected chi connectivity index (χ4v) is 2.57. The van der Waals surface area contributed by atoms with Gasteiger partial charge in [-0.05, 0) is 30.9 Å². The Morgan fingerprint density at radius 2 is 2.19 bits per heavy atom. The van der Waals surface area contributed by atoms with Gasteiger partial charge in [-0.25, -0.2) is 0 Å². The first-order valence-corrected chi connectivity index (χ1v) is 6.82. The summed E-state index contributed by atoms with van der Waals surface area (Å²) >= 11 is 0. The van der Waals surface area contributed by atoms with Gasteiger partial charge in [0.15, 0.2) is 0 Å². The largest absolute Gasteiger partial charge is 0.393 e. The number of nitrogens with one attached hydrogen (secondary N) is 1. The van der Waals surface area contributed by atoms with Crippen molar-refractivity contribution in [2.24, 2.45) is 5.92 Å². The number of nitro groups is 1. The zero-order chi connectivity index (χ0) is 15.6. The molecular formula is C14H19N3O4. The molecule has 0 saturated heterocycles. The van der Waals surface area contributed by atoms with Crippen molar-refractivity contribution in [2.75, 3.05) is 26.0 Å². The number of nitro benzene ring substituents is 1. The molecule has 0 radical (unpaired) electrons. The minimum Gasteiger partial charge on any atom is -0.393 e. The van der Waals surface area contributed by atoms with E-state index in [-0.39, 0.29) is 17.7 Å². The molecule has 0 heterocycles. The molecule has 1 aromatic rings. The topological polar surface area (TPSA) is 95.7 Å². The van der Waals surface area contributed by atoms with E-state index in [9.17, 15) is 20.0 Å². The van der Waals surface area contributed by atoms with Crippen LogP contribution in [-0.2, 0) is 0 Å². The van der Waals surface area contributed by atoms with Gasteiger partial charge in [-0.15, -0.1) is 0 Å². The summed E-state index contributed by atoms with van der Waals surface area (Å²) in [4.78, 5) is 24.3. The first-order chi connectivity index (χ1) is 9.92. The lowest BCUT2D eigenvalue weighted by Gasteiger charge is -2.34. The summed E-state index contributed by atoms with van der Waals surface area (Å²) in [6, 6.07) is 4.29. The van der Waals surface area contributed by atoms with Crippen molar-refractivity contribution < 1.29 is 14.8 Å². The van der Waals surface area contributed by atoms with E-state index in [0.29, 0.717) is 23.7 Å². The van der Waals surface area contributed by atoms with Crippen LogP contribution in [0.3, 0.4) is 0 Å². The number of aliphatic hydroxyl groups excluding tert-OH is 1. The second-order valence-electron chi connectivity index (χ2n) is 5.42. The second-order valence-corrected chi connectivity index (χ2v) is 5.42. The summed E-state index contributed by atoms with van der Waals surface area (Å²) in [5, 5.41) is 22.9. The summed E-state index contributed by atoms with van der Waals surface area (Å²) < 4.78 is 0. The number of aliphatic hydroxyl groups is 1. The normalized spacial score (nSPS) is 20.5. The number of benzene rings is 1. The molecule has 1 fully saturated rings. The van der Waals surface area contributed by atoms with Gasteiger partial charge in [-0.2, -0.15) is 0 Å². The predicted molar refractivity (Wildman–Crippen MR) is 78.3 cm³/mol. The van der Waals surface area contributed by atoms with E-state index in [2.05, 4.69) is 5.32 Å². The summed E-state index contributed by atoms with van der Waals surface area (Å²) in [7, 11) is 3.28. The Morgan fingerprint density at radius 1 is 1.52 bits per heavy atom. The second kappa shape index (κ2) is 6.09. The van der Waals surface area contributed by atoms with Crippen LogP contribution < -0.4 is 5.32 Å². The van der Waals surface area contributed by atoms with Gasteiger partial charge in [0.1, 0.15) is 5.69 Å². The lowest BCUT2D eigenvalue weighted by atomic mass is 9.82. The Morgan fingerprint density at radius 3 is 2.71 bits per heavy atom. The Labute approximate surface area is 122 Å². The fraction of sp³-hybridized carbons (Fsp3) is 0.500. The molecule has 7 nitrogen and oxygen atoms in total. The maximum absolute atomic E-state index is 12.3. The molecule has 0 aliphatic heterocycles. The molecule has 1 aliphatic carbocycles. The molecule has 1 amide bonds. The highest BCUT2D eigenvalue weighted by atomic mass is 16.6. The number of anilines is 1. The number of carbonyl (C=O) groups excluding carboxylic acids is 1. The first kappa shape index (κ1) is 15.2. The fourth-order valence-electron chi connectivity index (χ4n) is 2.57. The maximum Gasteiger partial charge on any atom is 0.292 e.